The van der Waals surface area contributed by atoms with Crippen molar-refractivity contribution in [1.29, 1.82) is 0 Å². The minimum Gasteiger partial charge on any atom is -0.439 e. The summed E-state index contributed by atoms with van der Waals surface area (Å²) in [6.07, 6.45) is 1.42. The number of nitrogens with zero attached hydrogens (tertiary/aromatic N) is 4. The molecular weight excluding hydrogens is 442 g/mol. The van der Waals surface area contributed by atoms with Gasteiger partial charge in [0.05, 0.1) is 11.4 Å². The normalized spacial score (nSPS) is 11.1. The van der Waals surface area contributed by atoms with Crippen LogP contribution in [0.5, 0.6) is 11.6 Å². The Kier molecular flexibility index (Phi) is 6.68. The molecule has 180 valence electrons. The summed E-state index contributed by atoms with van der Waals surface area (Å²) in [6.45, 7) is 8.29. The van der Waals surface area contributed by atoms with E-state index in [9.17, 15) is 4.79 Å². The third kappa shape index (κ3) is 5.94. The molecule has 35 heavy (non-hydrogen) atoms. The van der Waals surface area contributed by atoms with Gasteiger partial charge < -0.3 is 15.4 Å². The van der Waals surface area contributed by atoms with Gasteiger partial charge in [-0.2, -0.15) is 5.10 Å². The van der Waals surface area contributed by atoms with Crippen LogP contribution in [0, 0.1) is 6.92 Å². The van der Waals surface area contributed by atoms with Crippen molar-refractivity contribution in [3.63, 3.8) is 0 Å². The third-order valence-corrected chi connectivity index (χ3v) is 5.20. The van der Waals surface area contributed by atoms with Gasteiger partial charge in [-0.25, -0.2) is 19.4 Å². The van der Waals surface area contributed by atoms with Gasteiger partial charge in [-0.15, -0.1) is 0 Å². The Labute approximate surface area is 204 Å². The van der Waals surface area contributed by atoms with E-state index in [0.717, 1.165) is 16.9 Å². The van der Waals surface area contributed by atoms with Crippen LogP contribution >= 0.6 is 0 Å². The maximum absolute atomic E-state index is 12.8. The van der Waals surface area contributed by atoms with Crippen molar-refractivity contribution in [2.75, 3.05) is 23.0 Å². The lowest BCUT2D eigenvalue weighted by Crippen LogP contribution is -2.21. The number of ether oxygens (including phenoxy) is 1. The Hall–Kier alpha value is -4.40. The van der Waals surface area contributed by atoms with Crippen molar-refractivity contribution in [2.45, 2.75) is 33.1 Å². The number of nitrogens with one attached hydrogen (secondary N) is 3. The summed E-state index contributed by atoms with van der Waals surface area (Å²) < 4.78 is 7.51. The standard InChI is InChI=1S/C26H29N7O2/c1-17-7-6-8-19(13-17)33-23(14-21(32-33)26(2,3)4)31-25(34)30-18-9-11-20(12-10-18)35-24-15-22(27-5)28-16-29-24/h6-16H,1-5H3,(H,27,28,29)(H2,30,31,34). The summed E-state index contributed by atoms with van der Waals surface area (Å²) in [5, 5.41) is 13.5. The quantitative estimate of drug-likeness (QED) is 0.331. The van der Waals surface area contributed by atoms with Crippen LogP contribution in [0.3, 0.4) is 0 Å². The number of urea groups is 1. The lowest BCUT2D eigenvalue weighted by Gasteiger charge is -2.14. The summed E-state index contributed by atoms with van der Waals surface area (Å²) in [6, 6.07) is 18.2. The molecule has 9 nitrogen and oxygen atoms in total. The van der Waals surface area contributed by atoms with E-state index in [1.807, 2.05) is 37.3 Å². The van der Waals surface area contributed by atoms with Crippen molar-refractivity contribution in [3.05, 3.63) is 78.2 Å². The maximum atomic E-state index is 12.8. The van der Waals surface area contributed by atoms with Gasteiger partial charge in [-0.05, 0) is 48.9 Å². The summed E-state index contributed by atoms with van der Waals surface area (Å²) >= 11 is 0. The van der Waals surface area contributed by atoms with E-state index in [0.29, 0.717) is 29.0 Å². The second-order valence-corrected chi connectivity index (χ2v) is 9.11. The Morgan fingerprint density at radius 2 is 1.74 bits per heavy atom. The molecule has 0 fully saturated rings. The van der Waals surface area contributed by atoms with Crippen molar-refractivity contribution in [3.8, 4) is 17.3 Å². The first-order valence-corrected chi connectivity index (χ1v) is 11.2. The van der Waals surface area contributed by atoms with Gasteiger partial charge in [0.15, 0.2) is 0 Å². The van der Waals surface area contributed by atoms with Gasteiger partial charge >= 0.3 is 6.03 Å². The van der Waals surface area contributed by atoms with Gasteiger partial charge in [0, 0.05) is 30.3 Å². The van der Waals surface area contributed by atoms with E-state index in [4.69, 9.17) is 9.84 Å². The predicted octanol–water partition coefficient (Wildman–Crippen LogP) is 5.75. The number of aryl methyl sites for hydroxylation is 1. The zero-order valence-corrected chi connectivity index (χ0v) is 20.5. The molecule has 2 aromatic carbocycles. The highest BCUT2D eigenvalue weighted by molar-refractivity contribution is 5.99. The molecule has 0 atom stereocenters. The fourth-order valence-electron chi connectivity index (χ4n) is 3.33. The van der Waals surface area contributed by atoms with E-state index < -0.39 is 0 Å². The topological polar surface area (TPSA) is 106 Å². The van der Waals surface area contributed by atoms with E-state index in [-0.39, 0.29) is 11.4 Å². The van der Waals surface area contributed by atoms with E-state index in [1.165, 1.54) is 6.33 Å². The highest BCUT2D eigenvalue weighted by Gasteiger charge is 2.21. The van der Waals surface area contributed by atoms with E-state index >= 15 is 0 Å². The summed E-state index contributed by atoms with van der Waals surface area (Å²) in [5.74, 6) is 2.25. The van der Waals surface area contributed by atoms with Crippen molar-refractivity contribution in [2.24, 2.45) is 0 Å². The van der Waals surface area contributed by atoms with Crippen LogP contribution in [0.4, 0.5) is 22.1 Å². The lowest BCUT2D eigenvalue weighted by atomic mass is 9.92. The summed E-state index contributed by atoms with van der Waals surface area (Å²) in [5.41, 5.74) is 3.31. The number of carbonyl (C=O) groups is 1. The molecule has 0 aliphatic carbocycles. The summed E-state index contributed by atoms with van der Waals surface area (Å²) in [4.78, 5) is 21.0. The maximum Gasteiger partial charge on any atom is 0.324 e. The first-order chi connectivity index (χ1) is 16.7. The van der Waals surface area contributed by atoms with Crippen LogP contribution in [0.2, 0.25) is 0 Å². The Morgan fingerprint density at radius 1 is 0.971 bits per heavy atom. The molecule has 2 amide bonds. The minimum absolute atomic E-state index is 0.171. The number of hydrogen-bond donors (Lipinski definition) is 3. The molecular formula is C26H29N7O2. The number of benzene rings is 2. The van der Waals surface area contributed by atoms with Gasteiger partial charge in [-0.3, -0.25) is 5.32 Å². The first kappa shape index (κ1) is 23.7. The molecule has 0 saturated heterocycles. The number of amides is 2. The molecule has 4 rings (SSSR count). The number of rotatable bonds is 6. The number of hydrogen-bond acceptors (Lipinski definition) is 6. The number of carbonyl (C=O) groups excluding carboxylic acids is 1. The van der Waals surface area contributed by atoms with Gasteiger partial charge in [0.2, 0.25) is 5.88 Å². The van der Waals surface area contributed by atoms with Crippen molar-refractivity contribution < 1.29 is 9.53 Å². The molecule has 4 aromatic rings. The van der Waals surface area contributed by atoms with Crippen LogP contribution in [-0.4, -0.2) is 32.8 Å². The predicted molar refractivity (Wildman–Crippen MR) is 138 cm³/mol. The van der Waals surface area contributed by atoms with Crippen LogP contribution < -0.4 is 20.7 Å². The van der Waals surface area contributed by atoms with E-state index in [2.05, 4.69) is 46.7 Å². The molecule has 3 N–H and O–H groups in total. The van der Waals surface area contributed by atoms with Gasteiger partial charge in [0.25, 0.3) is 0 Å². The minimum atomic E-state index is -0.373. The fourth-order valence-corrected chi connectivity index (χ4v) is 3.33. The fraction of sp³-hybridized carbons (Fsp3) is 0.231. The molecule has 9 heteroatoms. The Balaban J connectivity index is 1.47. The van der Waals surface area contributed by atoms with Crippen molar-refractivity contribution in [1.82, 2.24) is 19.7 Å². The van der Waals surface area contributed by atoms with Gasteiger partial charge in [0.1, 0.15) is 23.7 Å². The lowest BCUT2D eigenvalue weighted by molar-refractivity contribution is 0.262. The molecule has 0 aliphatic rings. The van der Waals surface area contributed by atoms with Gasteiger partial charge in [-0.1, -0.05) is 32.9 Å². The monoisotopic (exact) mass is 471 g/mol. The molecule has 2 aromatic heterocycles. The molecule has 0 saturated carbocycles. The highest BCUT2D eigenvalue weighted by Crippen LogP contribution is 2.27. The molecule has 0 bridgehead atoms. The van der Waals surface area contributed by atoms with Crippen LogP contribution in [0.1, 0.15) is 32.0 Å². The second-order valence-electron chi connectivity index (χ2n) is 9.11. The Bertz CT molecular complexity index is 1320. The molecule has 2 heterocycles. The van der Waals surface area contributed by atoms with Crippen LogP contribution in [-0.2, 0) is 5.41 Å². The molecule has 0 radical (unpaired) electrons. The van der Waals surface area contributed by atoms with Crippen molar-refractivity contribution >= 4 is 23.4 Å². The zero-order valence-electron chi connectivity index (χ0n) is 20.5. The van der Waals surface area contributed by atoms with Crippen LogP contribution in [0.25, 0.3) is 5.69 Å². The number of aromatic nitrogens is 4. The molecule has 0 aliphatic heterocycles. The largest absolute Gasteiger partial charge is 0.439 e. The average molecular weight is 472 g/mol. The SMILES string of the molecule is CNc1cc(Oc2ccc(NC(=O)Nc3cc(C(C)(C)C)nn3-c3cccc(C)c3)cc2)ncn1. The zero-order chi connectivity index (χ0) is 25.0. The third-order valence-electron chi connectivity index (χ3n) is 5.20. The van der Waals surface area contributed by atoms with E-state index in [1.54, 1.807) is 42.1 Å². The first-order valence-electron chi connectivity index (χ1n) is 11.2. The van der Waals surface area contributed by atoms with Crippen LogP contribution in [0.15, 0.2) is 67.0 Å². The highest BCUT2D eigenvalue weighted by atomic mass is 16.5. The second kappa shape index (κ2) is 9.84. The summed E-state index contributed by atoms with van der Waals surface area (Å²) in [7, 11) is 1.77. The smallest absolute Gasteiger partial charge is 0.324 e. The molecule has 0 spiro atoms. The Morgan fingerprint density at radius 3 is 2.43 bits per heavy atom. The number of anilines is 3. The average Bonchev–Trinajstić information content (AvgIpc) is 3.25. The molecule has 0 unspecified atom stereocenters.